The summed E-state index contributed by atoms with van der Waals surface area (Å²) in [6.07, 6.45) is 1.84. The summed E-state index contributed by atoms with van der Waals surface area (Å²) < 4.78 is 4.06. The summed E-state index contributed by atoms with van der Waals surface area (Å²) in [6.45, 7) is 5.10. The van der Waals surface area contributed by atoms with Crippen LogP contribution in [0.3, 0.4) is 0 Å². The van der Waals surface area contributed by atoms with Gasteiger partial charge in [0, 0.05) is 11.5 Å². The molecule has 1 aromatic heterocycles. The first kappa shape index (κ1) is 14.8. The van der Waals surface area contributed by atoms with Gasteiger partial charge in [-0.15, -0.1) is 0 Å². The van der Waals surface area contributed by atoms with Crippen molar-refractivity contribution >= 4 is 31.9 Å². The highest BCUT2D eigenvalue weighted by atomic mass is 79.9. The highest BCUT2D eigenvalue weighted by Crippen LogP contribution is 2.30. The third kappa shape index (κ3) is 3.09. The Bertz CT molecular complexity index is 559. The number of rotatable bonds is 4. The highest BCUT2D eigenvalue weighted by molar-refractivity contribution is 9.10. The van der Waals surface area contributed by atoms with Crippen LogP contribution in [0.15, 0.2) is 33.3 Å². The molecular weight excluding hydrogens is 370 g/mol. The average Bonchev–Trinajstić information content (AvgIpc) is 2.70. The number of nitrogens with one attached hydrogen (secondary N) is 1. The molecule has 0 radical (unpaired) electrons. The van der Waals surface area contributed by atoms with Gasteiger partial charge in [0.25, 0.3) is 0 Å². The predicted molar refractivity (Wildman–Crippen MR) is 85.3 cm³/mol. The Kier molecular flexibility index (Phi) is 4.81. The SMILES string of the molecule is CCNC(c1ccc(C)c(Br)c1)c1c(Br)cnn1C. The Hall–Kier alpha value is -0.650. The molecule has 0 amide bonds. The van der Waals surface area contributed by atoms with Crippen molar-refractivity contribution in [2.75, 3.05) is 6.54 Å². The van der Waals surface area contributed by atoms with Gasteiger partial charge >= 0.3 is 0 Å². The molecule has 1 heterocycles. The maximum absolute atomic E-state index is 4.30. The second-order valence-corrected chi connectivity index (χ2v) is 6.21. The van der Waals surface area contributed by atoms with E-state index in [2.05, 4.69) is 74.3 Å². The fourth-order valence-corrected chi connectivity index (χ4v) is 3.08. The molecule has 1 atom stereocenters. The van der Waals surface area contributed by atoms with Crippen molar-refractivity contribution < 1.29 is 0 Å². The average molecular weight is 387 g/mol. The Balaban J connectivity index is 2.48. The summed E-state index contributed by atoms with van der Waals surface area (Å²) in [4.78, 5) is 0. The quantitative estimate of drug-likeness (QED) is 0.861. The number of aryl methyl sites for hydroxylation is 2. The van der Waals surface area contributed by atoms with E-state index in [1.807, 2.05) is 17.9 Å². The summed E-state index contributed by atoms with van der Waals surface area (Å²) >= 11 is 7.19. The van der Waals surface area contributed by atoms with E-state index in [1.165, 1.54) is 11.1 Å². The normalized spacial score (nSPS) is 12.7. The fourth-order valence-electron chi connectivity index (χ4n) is 2.11. The van der Waals surface area contributed by atoms with Gasteiger partial charge < -0.3 is 5.32 Å². The lowest BCUT2D eigenvalue weighted by atomic mass is 10.0. The minimum Gasteiger partial charge on any atom is -0.305 e. The van der Waals surface area contributed by atoms with Gasteiger partial charge in [-0.1, -0.05) is 35.0 Å². The number of aromatic nitrogens is 2. The molecule has 3 nitrogen and oxygen atoms in total. The van der Waals surface area contributed by atoms with Crippen LogP contribution in [0.4, 0.5) is 0 Å². The van der Waals surface area contributed by atoms with E-state index in [9.17, 15) is 0 Å². The Morgan fingerprint density at radius 2 is 2.05 bits per heavy atom. The molecule has 1 aromatic carbocycles. The number of benzene rings is 1. The van der Waals surface area contributed by atoms with Gasteiger partial charge in [0.15, 0.2) is 0 Å². The van der Waals surface area contributed by atoms with Crippen LogP contribution < -0.4 is 5.32 Å². The molecule has 1 unspecified atom stereocenters. The van der Waals surface area contributed by atoms with E-state index >= 15 is 0 Å². The summed E-state index contributed by atoms with van der Waals surface area (Å²) in [5.74, 6) is 0. The number of halogens is 2. The second-order valence-electron chi connectivity index (χ2n) is 4.50. The van der Waals surface area contributed by atoms with Crippen molar-refractivity contribution in [1.82, 2.24) is 15.1 Å². The van der Waals surface area contributed by atoms with Crippen molar-refractivity contribution in [3.8, 4) is 0 Å². The Labute approximate surface area is 130 Å². The van der Waals surface area contributed by atoms with Gasteiger partial charge in [-0.2, -0.15) is 5.10 Å². The van der Waals surface area contributed by atoms with E-state index in [0.29, 0.717) is 0 Å². The summed E-state index contributed by atoms with van der Waals surface area (Å²) in [5.41, 5.74) is 3.60. The van der Waals surface area contributed by atoms with Crippen LogP contribution in [0.2, 0.25) is 0 Å². The van der Waals surface area contributed by atoms with Gasteiger partial charge in [0.1, 0.15) is 0 Å². The zero-order valence-corrected chi connectivity index (χ0v) is 14.4. The molecule has 0 aliphatic heterocycles. The van der Waals surface area contributed by atoms with Gasteiger partial charge in [-0.25, -0.2) is 0 Å². The summed E-state index contributed by atoms with van der Waals surface area (Å²) in [6, 6.07) is 6.59. The number of nitrogens with zero attached hydrogens (tertiary/aromatic N) is 2. The maximum atomic E-state index is 4.30. The molecule has 1 N–H and O–H groups in total. The molecule has 0 bridgehead atoms. The minimum atomic E-state index is 0.128. The number of hydrogen-bond acceptors (Lipinski definition) is 2. The molecule has 0 saturated carbocycles. The highest BCUT2D eigenvalue weighted by Gasteiger charge is 2.20. The van der Waals surface area contributed by atoms with Gasteiger partial charge in [0.05, 0.1) is 22.4 Å². The molecule has 2 aromatic rings. The van der Waals surface area contributed by atoms with Crippen LogP contribution in [0.1, 0.15) is 29.8 Å². The van der Waals surface area contributed by atoms with Gasteiger partial charge in [-0.05, 0) is 46.6 Å². The second kappa shape index (κ2) is 6.20. The number of hydrogen-bond donors (Lipinski definition) is 1. The lowest BCUT2D eigenvalue weighted by Crippen LogP contribution is -2.24. The van der Waals surface area contributed by atoms with Crippen LogP contribution in [0, 0.1) is 6.92 Å². The monoisotopic (exact) mass is 385 g/mol. The zero-order chi connectivity index (χ0) is 14.0. The van der Waals surface area contributed by atoms with Crippen LogP contribution in [-0.4, -0.2) is 16.3 Å². The largest absolute Gasteiger partial charge is 0.305 e. The Morgan fingerprint density at radius 1 is 1.32 bits per heavy atom. The lowest BCUT2D eigenvalue weighted by Gasteiger charge is -2.20. The first-order valence-corrected chi connectivity index (χ1v) is 7.80. The molecule has 19 heavy (non-hydrogen) atoms. The van der Waals surface area contributed by atoms with Crippen molar-refractivity contribution in [3.05, 3.63) is 50.2 Å². The van der Waals surface area contributed by atoms with Crippen molar-refractivity contribution in [2.24, 2.45) is 7.05 Å². The fraction of sp³-hybridized carbons (Fsp3) is 0.357. The lowest BCUT2D eigenvalue weighted by molar-refractivity contribution is 0.570. The van der Waals surface area contributed by atoms with Crippen LogP contribution in [-0.2, 0) is 7.05 Å². The van der Waals surface area contributed by atoms with Crippen LogP contribution >= 0.6 is 31.9 Å². The predicted octanol–water partition coefficient (Wildman–Crippen LogP) is 3.95. The van der Waals surface area contributed by atoms with E-state index in [1.54, 1.807) is 0 Å². The first-order chi connectivity index (χ1) is 9.04. The third-order valence-corrected chi connectivity index (χ3v) is 4.61. The van der Waals surface area contributed by atoms with E-state index in [4.69, 9.17) is 0 Å². The van der Waals surface area contributed by atoms with Gasteiger partial charge in [0.2, 0.25) is 0 Å². The van der Waals surface area contributed by atoms with E-state index in [0.717, 1.165) is 21.2 Å². The molecule has 2 rings (SSSR count). The summed E-state index contributed by atoms with van der Waals surface area (Å²) in [7, 11) is 1.97. The van der Waals surface area contributed by atoms with Gasteiger partial charge in [-0.3, -0.25) is 4.68 Å². The maximum Gasteiger partial charge on any atom is 0.0760 e. The molecule has 0 saturated heterocycles. The van der Waals surface area contributed by atoms with Crippen molar-refractivity contribution in [3.63, 3.8) is 0 Å². The Morgan fingerprint density at radius 3 is 2.58 bits per heavy atom. The minimum absolute atomic E-state index is 0.128. The smallest absolute Gasteiger partial charge is 0.0760 e. The molecule has 0 spiro atoms. The molecule has 102 valence electrons. The van der Waals surface area contributed by atoms with Crippen LogP contribution in [0.25, 0.3) is 0 Å². The molecule has 5 heteroatoms. The van der Waals surface area contributed by atoms with Crippen molar-refractivity contribution in [1.29, 1.82) is 0 Å². The molecule has 0 aliphatic rings. The van der Waals surface area contributed by atoms with E-state index in [-0.39, 0.29) is 6.04 Å². The summed E-state index contributed by atoms with van der Waals surface area (Å²) in [5, 5.41) is 7.82. The topological polar surface area (TPSA) is 29.9 Å². The van der Waals surface area contributed by atoms with Crippen LogP contribution in [0.5, 0.6) is 0 Å². The molecule has 0 fully saturated rings. The van der Waals surface area contributed by atoms with Crippen molar-refractivity contribution in [2.45, 2.75) is 19.9 Å². The third-order valence-electron chi connectivity index (χ3n) is 3.15. The van der Waals surface area contributed by atoms with E-state index < -0.39 is 0 Å². The molecular formula is C14H17Br2N3. The standard InChI is InChI=1S/C14H17Br2N3/c1-4-17-13(14-12(16)8-18-19(14)3)10-6-5-9(2)11(15)7-10/h5-8,13,17H,4H2,1-3H3. The first-order valence-electron chi connectivity index (χ1n) is 6.21. The zero-order valence-electron chi connectivity index (χ0n) is 11.2. The molecule has 0 aliphatic carbocycles.